The molecule has 0 saturated carbocycles. The predicted octanol–water partition coefficient (Wildman–Crippen LogP) is 0.206. The third kappa shape index (κ3) is 2.83. The second-order valence-corrected chi connectivity index (χ2v) is 3.48. The molecule has 16 heavy (non-hydrogen) atoms. The van der Waals surface area contributed by atoms with Crippen LogP contribution in [-0.2, 0) is 13.1 Å². The minimum absolute atomic E-state index is 0.177. The quantitative estimate of drug-likeness (QED) is 0.731. The maximum Gasteiger partial charge on any atom is 0.103 e. The van der Waals surface area contributed by atoms with Crippen molar-refractivity contribution in [3.05, 3.63) is 36.4 Å². The van der Waals surface area contributed by atoms with Crippen LogP contribution in [0.3, 0.4) is 0 Å². The minimum Gasteiger partial charge on any atom is -0.396 e. The van der Waals surface area contributed by atoms with Gasteiger partial charge >= 0.3 is 0 Å². The zero-order valence-electron chi connectivity index (χ0n) is 8.95. The van der Waals surface area contributed by atoms with E-state index in [1.54, 1.807) is 4.68 Å². The van der Waals surface area contributed by atoms with E-state index in [1.807, 2.05) is 35.4 Å². The highest BCUT2D eigenvalue weighted by Crippen LogP contribution is 1.95. The molecule has 0 bridgehead atoms. The van der Waals surface area contributed by atoms with Crippen LogP contribution in [0, 0.1) is 0 Å². The first-order valence-electron chi connectivity index (χ1n) is 5.25. The highest BCUT2D eigenvalue weighted by molar-refractivity contribution is 4.98. The van der Waals surface area contributed by atoms with Gasteiger partial charge in [-0.2, -0.15) is 0 Å². The number of nitrogens with zero attached hydrogens (tertiary/aromatic N) is 4. The fourth-order valence-electron chi connectivity index (χ4n) is 1.37. The summed E-state index contributed by atoms with van der Waals surface area (Å²) in [6, 6.07) is 3.90. The van der Waals surface area contributed by atoms with Crippen molar-refractivity contribution in [3.8, 4) is 0 Å². The van der Waals surface area contributed by atoms with E-state index in [0.29, 0.717) is 19.5 Å². The Balaban J connectivity index is 1.83. The SMILES string of the molecule is OCCCn1cc(CNn2cccc2)nn1. The third-order valence-corrected chi connectivity index (χ3v) is 2.18. The van der Waals surface area contributed by atoms with Crippen LogP contribution in [0.1, 0.15) is 12.1 Å². The van der Waals surface area contributed by atoms with Crippen molar-refractivity contribution in [2.75, 3.05) is 12.0 Å². The summed E-state index contributed by atoms with van der Waals surface area (Å²) in [5, 5.41) is 16.7. The van der Waals surface area contributed by atoms with Gasteiger partial charge in [-0.05, 0) is 18.6 Å². The molecule has 0 fully saturated rings. The zero-order valence-corrected chi connectivity index (χ0v) is 8.95. The van der Waals surface area contributed by atoms with E-state index in [-0.39, 0.29) is 6.61 Å². The fourth-order valence-corrected chi connectivity index (χ4v) is 1.37. The Kier molecular flexibility index (Phi) is 3.55. The van der Waals surface area contributed by atoms with Crippen LogP contribution in [0.2, 0.25) is 0 Å². The lowest BCUT2D eigenvalue weighted by atomic mass is 10.4. The van der Waals surface area contributed by atoms with E-state index >= 15 is 0 Å². The van der Waals surface area contributed by atoms with Crippen molar-refractivity contribution in [3.63, 3.8) is 0 Å². The molecule has 0 radical (unpaired) electrons. The molecule has 2 N–H and O–H groups in total. The van der Waals surface area contributed by atoms with E-state index in [2.05, 4.69) is 15.7 Å². The van der Waals surface area contributed by atoms with Crippen LogP contribution >= 0.6 is 0 Å². The second-order valence-electron chi connectivity index (χ2n) is 3.48. The first-order chi connectivity index (χ1) is 7.88. The lowest BCUT2D eigenvalue weighted by Crippen LogP contribution is -2.11. The molecule has 2 aromatic rings. The fraction of sp³-hybridized carbons (Fsp3) is 0.400. The molecule has 0 aliphatic rings. The van der Waals surface area contributed by atoms with Crippen LogP contribution in [-0.4, -0.2) is 31.4 Å². The van der Waals surface area contributed by atoms with Crippen molar-refractivity contribution in [2.24, 2.45) is 0 Å². The molecule has 0 unspecified atom stereocenters. The first-order valence-corrected chi connectivity index (χ1v) is 5.25. The Morgan fingerprint density at radius 3 is 2.88 bits per heavy atom. The molecule has 86 valence electrons. The topological polar surface area (TPSA) is 67.9 Å². The summed E-state index contributed by atoms with van der Waals surface area (Å²) >= 11 is 0. The van der Waals surface area contributed by atoms with Crippen LogP contribution < -0.4 is 5.43 Å². The number of aliphatic hydroxyl groups excluding tert-OH is 1. The Hall–Kier alpha value is -1.82. The second kappa shape index (κ2) is 5.32. The number of aromatic nitrogens is 4. The van der Waals surface area contributed by atoms with Gasteiger partial charge in [-0.1, -0.05) is 5.21 Å². The molecule has 6 nitrogen and oxygen atoms in total. The molecular weight excluding hydrogens is 206 g/mol. The Morgan fingerprint density at radius 1 is 1.31 bits per heavy atom. The van der Waals surface area contributed by atoms with E-state index < -0.39 is 0 Å². The van der Waals surface area contributed by atoms with Crippen molar-refractivity contribution < 1.29 is 5.11 Å². The first kappa shape index (κ1) is 10.7. The largest absolute Gasteiger partial charge is 0.396 e. The molecule has 2 rings (SSSR count). The maximum absolute atomic E-state index is 8.69. The zero-order chi connectivity index (χ0) is 11.2. The molecule has 0 amide bonds. The van der Waals surface area contributed by atoms with Gasteiger partial charge in [-0.3, -0.25) is 9.36 Å². The van der Waals surface area contributed by atoms with Crippen LogP contribution in [0.4, 0.5) is 0 Å². The van der Waals surface area contributed by atoms with Gasteiger partial charge in [-0.25, -0.2) is 0 Å². The molecule has 6 heteroatoms. The lowest BCUT2D eigenvalue weighted by molar-refractivity contribution is 0.276. The molecule has 0 aliphatic heterocycles. The number of rotatable bonds is 6. The highest BCUT2D eigenvalue weighted by Gasteiger charge is 1.99. The summed E-state index contributed by atoms with van der Waals surface area (Å²) in [5.74, 6) is 0. The average molecular weight is 221 g/mol. The van der Waals surface area contributed by atoms with E-state index in [4.69, 9.17) is 5.11 Å². The van der Waals surface area contributed by atoms with E-state index in [9.17, 15) is 0 Å². The third-order valence-electron chi connectivity index (χ3n) is 2.18. The van der Waals surface area contributed by atoms with Crippen LogP contribution in [0.15, 0.2) is 30.7 Å². The highest BCUT2D eigenvalue weighted by atomic mass is 16.3. The number of aliphatic hydroxyl groups is 1. The molecule has 2 heterocycles. The van der Waals surface area contributed by atoms with Gasteiger partial charge in [0.2, 0.25) is 0 Å². The molecule has 0 aromatic carbocycles. The normalized spacial score (nSPS) is 10.6. The summed E-state index contributed by atoms with van der Waals surface area (Å²) in [5.41, 5.74) is 4.04. The van der Waals surface area contributed by atoms with Crippen LogP contribution in [0.25, 0.3) is 0 Å². The summed E-state index contributed by atoms with van der Waals surface area (Å²) in [6.45, 7) is 1.51. The van der Waals surface area contributed by atoms with E-state index in [1.165, 1.54) is 0 Å². The maximum atomic E-state index is 8.69. The van der Waals surface area contributed by atoms with Crippen LogP contribution in [0.5, 0.6) is 0 Å². The molecule has 2 aromatic heterocycles. The number of hydrogen-bond acceptors (Lipinski definition) is 4. The van der Waals surface area contributed by atoms with Crippen molar-refractivity contribution >= 4 is 0 Å². The lowest BCUT2D eigenvalue weighted by Gasteiger charge is -2.03. The van der Waals surface area contributed by atoms with Crippen molar-refractivity contribution in [1.29, 1.82) is 0 Å². The van der Waals surface area contributed by atoms with Gasteiger partial charge in [0.05, 0.1) is 12.7 Å². The Bertz CT molecular complexity index is 409. The standard InChI is InChI=1S/C10H15N5O/c16-7-3-6-15-9-10(12-13-15)8-11-14-4-1-2-5-14/h1-2,4-5,9,11,16H,3,6-8H2. The Morgan fingerprint density at radius 2 is 2.12 bits per heavy atom. The number of nitrogens with one attached hydrogen (secondary N) is 1. The minimum atomic E-state index is 0.177. The number of hydrogen-bond donors (Lipinski definition) is 2. The van der Waals surface area contributed by atoms with E-state index in [0.717, 1.165) is 5.69 Å². The average Bonchev–Trinajstić information content (AvgIpc) is 2.95. The number of aryl methyl sites for hydroxylation is 1. The monoisotopic (exact) mass is 221 g/mol. The van der Waals surface area contributed by atoms with Gasteiger partial charge in [0, 0.05) is 25.5 Å². The summed E-state index contributed by atoms with van der Waals surface area (Å²) in [6.07, 6.45) is 6.44. The molecule has 0 spiro atoms. The predicted molar refractivity (Wildman–Crippen MR) is 59.2 cm³/mol. The molecule has 0 atom stereocenters. The molecule has 0 saturated heterocycles. The summed E-state index contributed by atoms with van der Waals surface area (Å²) in [7, 11) is 0. The van der Waals surface area contributed by atoms with Crippen molar-refractivity contribution in [1.82, 2.24) is 19.7 Å². The smallest absolute Gasteiger partial charge is 0.103 e. The van der Waals surface area contributed by atoms with Gasteiger partial charge in [0.15, 0.2) is 0 Å². The van der Waals surface area contributed by atoms with Gasteiger partial charge in [0.1, 0.15) is 5.69 Å². The molecule has 0 aliphatic carbocycles. The summed E-state index contributed by atoms with van der Waals surface area (Å²) < 4.78 is 3.61. The van der Waals surface area contributed by atoms with Gasteiger partial charge < -0.3 is 10.5 Å². The van der Waals surface area contributed by atoms with Crippen molar-refractivity contribution in [2.45, 2.75) is 19.5 Å². The summed E-state index contributed by atoms with van der Waals surface area (Å²) in [4.78, 5) is 0. The Labute approximate surface area is 93.5 Å². The van der Waals surface area contributed by atoms with Gasteiger partial charge in [0.25, 0.3) is 0 Å². The molecular formula is C10H15N5O. The van der Waals surface area contributed by atoms with Gasteiger partial charge in [-0.15, -0.1) is 5.10 Å².